The number of pyridine rings is 1. The monoisotopic (exact) mass is 368 g/mol. The smallest absolute Gasteiger partial charge is 0.322 e. The maximum Gasteiger partial charge on any atom is 0.330 e. The number of nitrogens with one attached hydrogen (secondary N) is 2. The molecule has 4 rings (SSSR count). The molecule has 0 spiro atoms. The topological polar surface area (TPSA) is 96.8 Å². The van der Waals surface area contributed by atoms with Crippen LogP contribution in [-0.2, 0) is 0 Å². The van der Waals surface area contributed by atoms with Gasteiger partial charge in [-0.25, -0.2) is 9.78 Å². The number of carbonyl (C=O) groups excluding carboxylic acids is 1. The molecule has 1 aliphatic carbocycles. The van der Waals surface area contributed by atoms with Crippen LogP contribution >= 0.6 is 11.8 Å². The highest BCUT2D eigenvalue weighted by molar-refractivity contribution is 7.98. The number of amides is 1. The van der Waals surface area contributed by atoms with E-state index in [9.17, 15) is 14.4 Å². The minimum absolute atomic E-state index is 0.0725. The van der Waals surface area contributed by atoms with Gasteiger partial charge < -0.3 is 5.32 Å². The van der Waals surface area contributed by atoms with Crippen molar-refractivity contribution in [2.24, 2.45) is 0 Å². The fourth-order valence-electron chi connectivity index (χ4n) is 2.84. The van der Waals surface area contributed by atoms with E-state index in [-0.39, 0.29) is 22.9 Å². The number of nitrogens with zero attached hydrogens (tertiary/aromatic N) is 2. The van der Waals surface area contributed by atoms with Crippen LogP contribution in [0.25, 0.3) is 11.0 Å². The molecule has 0 bridgehead atoms. The minimum atomic E-state index is -0.534. The van der Waals surface area contributed by atoms with Crippen LogP contribution < -0.4 is 16.6 Å². The summed E-state index contributed by atoms with van der Waals surface area (Å²) in [6.07, 6.45) is 5.13. The van der Waals surface area contributed by atoms with Crippen LogP contribution in [0.3, 0.4) is 0 Å². The Balaban J connectivity index is 1.72. The number of benzene rings is 1. The lowest BCUT2D eigenvalue weighted by atomic mass is 10.2. The van der Waals surface area contributed by atoms with Gasteiger partial charge >= 0.3 is 5.69 Å². The average molecular weight is 368 g/mol. The van der Waals surface area contributed by atoms with Gasteiger partial charge in [0.15, 0.2) is 0 Å². The summed E-state index contributed by atoms with van der Waals surface area (Å²) in [6, 6.07) is 9.03. The molecule has 1 saturated carbocycles. The summed E-state index contributed by atoms with van der Waals surface area (Å²) in [5.41, 5.74) is 0.261. The number of H-pyrrole nitrogens is 1. The number of hydrogen-bond acceptors (Lipinski definition) is 5. The van der Waals surface area contributed by atoms with E-state index in [4.69, 9.17) is 0 Å². The molecular weight excluding hydrogens is 352 g/mol. The lowest BCUT2D eigenvalue weighted by molar-refractivity contribution is 0.102. The average Bonchev–Trinajstić information content (AvgIpc) is 3.46. The second kappa shape index (κ2) is 6.45. The van der Waals surface area contributed by atoms with Crippen LogP contribution in [0.2, 0.25) is 0 Å². The van der Waals surface area contributed by atoms with E-state index in [0.717, 1.165) is 17.7 Å². The predicted molar refractivity (Wildman–Crippen MR) is 101 cm³/mol. The molecule has 7 nitrogen and oxygen atoms in total. The third kappa shape index (κ3) is 3.03. The van der Waals surface area contributed by atoms with Crippen molar-refractivity contribution in [1.82, 2.24) is 14.5 Å². The summed E-state index contributed by atoms with van der Waals surface area (Å²) in [4.78, 5) is 44.3. The largest absolute Gasteiger partial charge is 0.330 e. The molecule has 0 atom stereocenters. The van der Waals surface area contributed by atoms with E-state index in [1.54, 1.807) is 17.8 Å². The van der Waals surface area contributed by atoms with Crippen molar-refractivity contribution in [3.8, 4) is 0 Å². The Bertz CT molecular complexity index is 1130. The Labute approximate surface area is 152 Å². The zero-order valence-corrected chi connectivity index (χ0v) is 14.8. The Hall–Kier alpha value is -2.87. The molecule has 1 fully saturated rings. The highest BCUT2D eigenvalue weighted by Gasteiger charge is 2.27. The molecule has 2 N–H and O–H groups in total. The quantitative estimate of drug-likeness (QED) is 0.689. The van der Waals surface area contributed by atoms with Crippen molar-refractivity contribution in [2.75, 3.05) is 11.6 Å². The first-order valence-electron chi connectivity index (χ1n) is 8.17. The maximum atomic E-state index is 12.5. The standard InChI is InChI=1S/C18H16N4O3S/c1-26-13-4-2-3-11(8-13)20-16(23)10-7-14-15(19-9-10)22(12-5-6-12)18(25)21-17(14)24/h2-4,7-9,12H,5-6H2,1H3,(H,20,23)(H,21,24,25). The summed E-state index contributed by atoms with van der Waals surface area (Å²) < 4.78 is 1.50. The van der Waals surface area contributed by atoms with E-state index in [2.05, 4.69) is 15.3 Å². The van der Waals surface area contributed by atoms with Crippen molar-refractivity contribution >= 4 is 34.4 Å². The van der Waals surface area contributed by atoms with Crippen LogP contribution in [0.1, 0.15) is 29.2 Å². The van der Waals surface area contributed by atoms with Gasteiger partial charge in [0.1, 0.15) is 5.65 Å². The van der Waals surface area contributed by atoms with E-state index in [0.29, 0.717) is 11.3 Å². The molecule has 2 aromatic heterocycles. The Morgan fingerprint density at radius 1 is 1.31 bits per heavy atom. The normalized spacial score (nSPS) is 13.7. The fourth-order valence-corrected chi connectivity index (χ4v) is 3.30. The van der Waals surface area contributed by atoms with E-state index in [1.165, 1.54) is 16.8 Å². The van der Waals surface area contributed by atoms with E-state index < -0.39 is 11.2 Å². The molecule has 0 unspecified atom stereocenters. The van der Waals surface area contributed by atoms with Crippen molar-refractivity contribution in [2.45, 2.75) is 23.8 Å². The fraction of sp³-hybridized carbons (Fsp3) is 0.222. The third-order valence-electron chi connectivity index (χ3n) is 4.28. The van der Waals surface area contributed by atoms with E-state index >= 15 is 0 Å². The third-order valence-corrected chi connectivity index (χ3v) is 5.01. The van der Waals surface area contributed by atoms with Crippen LogP contribution in [0, 0.1) is 0 Å². The van der Waals surface area contributed by atoms with Gasteiger partial charge in [-0.2, -0.15) is 0 Å². The molecule has 0 aliphatic heterocycles. The summed E-state index contributed by atoms with van der Waals surface area (Å²) in [6.45, 7) is 0. The second-order valence-corrected chi connectivity index (χ2v) is 7.02. The Morgan fingerprint density at radius 3 is 2.85 bits per heavy atom. The van der Waals surface area contributed by atoms with Crippen molar-refractivity contribution in [3.05, 3.63) is 62.9 Å². The highest BCUT2D eigenvalue weighted by Crippen LogP contribution is 2.34. The molecule has 2 heterocycles. The molecule has 1 aromatic carbocycles. The van der Waals surface area contributed by atoms with Crippen molar-refractivity contribution < 1.29 is 4.79 Å². The first-order chi connectivity index (χ1) is 12.6. The second-order valence-electron chi connectivity index (χ2n) is 6.14. The zero-order chi connectivity index (χ0) is 18.3. The van der Waals surface area contributed by atoms with Gasteiger partial charge in [0.25, 0.3) is 11.5 Å². The van der Waals surface area contributed by atoms with Crippen LogP contribution in [0.4, 0.5) is 5.69 Å². The molecule has 0 saturated heterocycles. The number of rotatable bonds is 4. The number of fused-ring (bicyclic) bond motifs is 1. The van der Waals surface area contributed by atoms with Crippen LogP contribution in [-0.4, -0.2) is 26.7 Å². The number of hydrogen-bond donors (Lipinski definition) is 2. The lowest BCUT2D eigenvalue weighted by Crippen LogP contribution is -2.30. The number of anilines is 1. The van der Waals surface area contributed by atoms with E-state index in [1.807, 2.05) is 24.5 Å². The van der Waals surface area contributed by atoms with Gasteiger partial charge in [0.2, 0.25) is 0 Å². The lowest BCUT2D eigenvalue weighted by Gasteiger charge is -2.09. The maximum absolute atomic E-state index is 12.5. The number of aromatic nitrogens is 3. The van der Waals surface area contributed by atoms with Gasteiger partial charge in [0.05, 0.1) is 10.9 Å². The van der Waals surface area contributed by atoms with Gasteiger partial charge in [-0.05, 0) is 43.4 Å². The molecule has 1 aliphatic rings. The summed E-state index contributed by atoms with van der Waals surface area (Å²) in [7, 11) is 0. The SMILES string of the molecule is CSc1cccc(NC(=O)c2cnc3c(c2)c(=O)[nH]c(=O)n3C2CC2)c1. The Morgan fingerprint density at radius 2 is 2.12 bits per heavy atom. The van der Waals surface area contributed by atoms with Crippen LogP contribution in [0.15, 0.2) is 51.0 Å². The summed E-state index contributed by atoms with van der Waals surface area (Å²) in [5.74, 6) is -0.360. The Kier molecular flexibility index (Phi) is 4.12. The zero-order valence-electron chi connectivity index (χ0n) is 14.0. The van der Waals surface area contributed by atoms with Gasteiger partial charge in [-0.15, -0.1) is 11.8 Å². The van der Waals surface area contributed by atoms with Crippen molar-refractivity contribution in [3.63, 3.8) is 0 Å². The first-order valence-corrected chi connectivity index (χ1v) is 9.39. The van der Waals surface area contributed by atoms with Crippen LogP contribution in [0.5, 0.6) is 0 Å². The number of aromatic amines is 1. The number of carbonyl (C=O) groups is 1. The van der Waals surface area contributed by atoms with Crippen molar-refractivity contribution in [1.29, 1.82) is 0 Å². The van der Waals surface area contributed by atoms with Gasteiger partial charge in [-0.3, -0.25) is 19.1 Å². The summed E-state index contributed by atoms with van der Waals surface area (Å²) in [5, 5.41) is 3.04. The molecule has 3 aromatic rings. The van der Waals surface area contributed by atoms with Gasteiger partial charge in [-0.1, -0.05) is 6.07 Å². The number of thioether (sulfide) groups is 1. The molecule has 26 heavy (non-hydrogen) atoms. The molecular formula is C18H16N4O3S. The highest BCUT2D eigenvalue weighted by atomic mass is 32.2. The molecule has 0 radical (unpaired) electrons. The minimum Gasteiger partial charge on any atom is -0.322 e. The molecule has 132 valence electrons. The molecule has 1 amide bonds. The molecule has 8 heteroatoms. The predicted octanol–water partition coefficient (Wildman–Crippen LogP) is 2.39. The van der Waals surface area contributed by atoms with Gasteiger partial charge in [0, 0.05) is 22.8 Å². The first kappa shape index (κ1) is 16.6. The summed E-state index contributed by atoms with van der Waals surface area (Å²) >= 11 is 1.58.